The van der Waals surface area contributed by atoms with Gasteiger partial charge in [0.15, 0.2) is 5.76 Å². The van der Waals surface area contributed by atoms with E-state index < -0.39 is 6.10 Å². The summed E-state index contributed by atoms with van der Waals surface area (Å²) in [7, 11) is 1.45. The highest BCUT2D eigenvalue weighted by Gasteiger charge is 2.18. The van der Waals surface area contributed by atoms with E-state index in [0.717, 1.165) is 0 Å². The van der Waals surface area contributed by atoms with Gasteiger partial charge in [0.25, 0.3) is 0 Å². The molecule has 0 amide bonds. The molecule has 0 radical (unpaired) electrons. The average molecular weight is 222 g/mol. The van der Waals surface area contributed by atoms with Crippen LogP contribution < -0.4 is 0 Å². The van der Waals surface area contributed by atoms with Crippen molar-refractivity contribution in [2.75, 3.05) is 7.11 Å². The standard InChI is InChI=1S/C12H11FO3/c1-7(15-2)12(14)11-6-8-5-9(13)3-4-10(8)16-11/h3-7H,1-2H3. The van der Waals surface area contributed by atoms with Crippen LogP contribution in [0.15, 0.2) is 28.7 Å². The summed E-state index contributed by atoms with van der Waals surface area (Å²) in [6, 6.07) is 5.64. The summed E-state index contributed by atoms with van der Waals surface area (Å²) in [5.41, 5.74) is 0.494. The van der Waals surface area contributed by atoms with Gasteiger partial charge in [0, 0.05) is 12.5 Å². The van der Waals surface area contributed by atoms with Gasteiger partial charge < -0.3 is 9.15 Å². The highest BCUT2D eigenvalue weighted by Crippen LogP contribution is 2.21. The van der Waals surface area contributed by atoms with E-state index in [4.69, 9.17) is 9.15 Å². The number of fused-ring (bicyclic) bond motifs is 1. The first kappa shape index (κ1) is 10.8. The zero-order valence-corrected chi connectivity index (χ0v) is 8.99. The molecule has 1 unspecified atom stereocenters. The van der Waals surface area contributed by atoms with Gasteiger partial charge in [0.05, 0.1) is 0 Å². The minimum Gasteiger partial charge on any atom is -0.453 e. The maximum absolute atomic E-state index is 12.9. The summed E-state index contributed by atoms with van der Waals surface area (Å²) in [6.07, 6.45) is -0.564. The van der Waals surface area contributed by atoms with E-state index in [-0.39, 0.29) is 17.4 Å². The lowest BCUT2D eigenvalue weighted by Crippen LogP contribution is -2.18. The molecular formula is C12H11FO3. The normalized spacial score (nSPS) is 12.9. The summed E-state index contributed by atoms with van der Waals surface area (Å²) in [5.74, 6) is -0.416. The van der Waals surface area contributed by atoms with Crippen molar-refractivity contribution < 1.29 is 18.3 Å². The Morgan fingerprint density at radius 2 is 2.19 bits per heavy atom. The van der Waals surface area contributed by atoms with Gasteiger partial charge in [0.2, 0.25) is 5.78 Å². The Labute approximate surface area is 91.8 Å². The Bertz CT molecular complexity index is 530. The molecule has 3 nitrogen and oxygen atoms in total. The minimum absolute atomic E-state index is 0.190. The van der Waals surface area contributed by atoms with Gasteiger partial charge in [-0.1, -0.05) is 0 Å². The van der Waals surface area contributed by atoms with Crippen molar-refractivity contribution in [1.82, 2.24) is 0 Å². The Morgan fingerprint density at radius 1 is 1.44 bits per heavy atom. The number of methoxy groups -OCH3 is 1. The quantitative estimate of drug-likeness (QED) is 0.749. The van der Waals surface area contributed by atoms with Gasteiger partial charge in [-0.3, -0.25) is 4.79 Å². The lowest BCUT2D eigenvalue weighted by Gasteiger charge is -2.04. The molecule has 0 aliphatic heterocycles. The van der Waals surface area contributed by atoms with E-state index in [1.165, 1.54) is 31.4 Å². The van der Waals surface area contributed by atoms with Crippen LogP contribution in [0.4, 0.5) is 4.39 Å². The SMILES string of the molecule is COC(C)C(=O)c1cc2cc(F)ccc2o1. The summed E-state index contributed by atoms with van der Waals surface area (Å²) in [6.45, 7) is 1.64. The molecule has 1 atom stereocenters. The summed E-state index contributed by atoms with van der Waals surface area (Å²) >= 11 is 0. The van der Waals surface area contributed by atoms with Gasteiger partial charge >= 0.3 is 0 Å². The zero-order valence-electron chi connectivity index (χ0n) is 8.99. The third-order valence-corrected chi connectivity index (χ3v) is 2.44. The number of carbonyl (C=O) groups excluding carboxylic acids is 1. The van der Waals surface area contributed by atoms with Crippen LogP contribution in [0.2, 0.25) is 0 Å². The number of Topliss-reactive ketones (excluding diaryl/α,β-unsaturated/α-hetero) is 1. The van der Waals surface area contributed by atoms with Crippen molar-refractivity contribution >= 4 is 16.8 Å². The zero-order chi connectivity index (χ0) is 11.7. The lowest BCUT2D eigenvalue weighted by molar-refractivity contribution is 0.0629. The van der Waals surface area contributed by atoms with Crippen LogP contribution in [-0.2, 0) is 4.74 Å². The van der Waals surface area contributed by atoms with Crippen LogP contribution in [0.1, 0.15) is 17.5 Å². The average Bonchev–Trinajstić information content (AvgIpc) is 2.69. The van der Waals surface area contributed by atoms with Gasteiger partial charge in [0.1, 0.15) is 17.5 Å². The number of carbonyl (C=O) groups is 1. The van der Waals surface area contributed by atoms with E-state index in [9.17, 15) is 9.18 Å². The van der Waals surface area contributed by atoms with Crippen molar-refractivity contribution in [2.24, 2.45) is 0 Å². The van der Waals surface area contributed by atoms with Crippen molar-refractivity contribution in [1.29, 1.82) is 0 Å². The number of furan rings is 1. The Hall–Kier alpha value is -1.68. The fraction of sp³-hybridized carbons (Fsp3) is 0.250. The third kappa shape index (κ3) is 1.84. The second-order valence-corrected chi connectivity index (χ2v) is 3.53. The molecule has 84 valence electrons. The molecule has 0 aliphatic carbocycles. The molecule has 16 heavy (non-hydrogen) atoms. The molecule has 1 heterocycles. The molecule has 0 saturated carbocycles. The molecule has 2 rings (SSSR count). The fourth-order valence-electron chi connectivity index (χ4n) is 1.44. The van der Waals surface area contributed by atoms with Crippen LogP contribution in [0.5, 0.6) is 0 Å². The van der Waals surface area contributed by atoms with E-state index >= 15 is 0 Å². The second kappa shape index (κ2) is 4.06. The number of rotatable bonds is 3. The minimum atomic E-state index is -0.564. The van der Waals surface area contributed by atoms with E-state index in [1.807, 2.05) is 0 Å². The summed E-state index contributed by atoms with van der Waals surface area (Å²) < 4.78 is 23.1. The monoisotopic (exact) mass is 222 g/mol. The number of hydrogen-bond acceptors (Lipinski definition) is 3. The first-order valence-corrected chi connectivity index (χ1v) is 4.88. The Kier molecular flexibility index (Phi) is 2.75. The number of ketones is 1. The summed E-state index contributed by atoms with van der Waals surface area (Å²) in [5, 5.41) is 0.576. The molecule has 0 N–H and O–H groups in total. The molecule has 0 spiro atoms. The molecule has 1 aromatic heterocycles. The Balaban J connectivity index is 2.43. The second-order valence-electron chi connectivity index (χ2n) is 3.53. The maximum atomic E-state index is 12.9. The van der Waals surface area contributed by atoms with Crippen molar-refractivity contribution in [3.05, 3.63) is 35.8 Å². The third-order valence-electron chi connectivity index (χ3n) is 2.44. The largest absolute Gasteiger partial charge is 0.453 e. The Morgan fingerprint density at radius 3 is 2.88 bits per heavy atom. The predicted octanol–water partition coefficient (Wildman–Crippen LogP) is 2.79. The van der Waals surface area contributed by atoms with E-state index in [0.29, 0.717) is 11.0 Å². The molecule has 0 bridgehead atoms. The first-order valence-electron chi connectivity index (χ1n) is 4.88. The van der Waals surface area contributed by atoms with Crippen molar-refractivity contribution in [2.45, 2.75) is 13.0 Å². The van der Waals surface area contributed by atoms with Gasteiger partial charge in [-0.15, -0.1) is 0 Å². The summed E-state index contributed by atoms with van der Waals surface area (Å²) in [4.78, 5) is 11.7. The smallest absolute Gasteiger partial charge is 0.226 e. The molecular weight excluding hydrogens is 211 g/mol. The first-order chi connectivity index (χ1) is 7.61. The maximum Gasteiger partial charge on any atom is 0.226 e. The van der Waals surface area contributed by atoms with E-state index in [2.05, 4.69) is 0 Å². The fourth-order valence-corrected chi connectivity index (χ4v) is 1.44. The topological polar surface area (TPSA) is 39.4 Å². The number of ether oxygens (including phenoxy) is 1. The van der Waals surface area contributed by atoms with Crippen LogP contribution in [0, 0.1) is 5.82 Å². The molecule has 2 aromatic rings. The van der Waals surface area contributed by atoms with Crippen LogP contribution in [-0.4, -0.2) is 19.0 Å². The highest BCUT2D eigenvalue weighted by atomic mass is 19.1. The molecule has 0 fully saturated rings. The van der Waals surface area contributed by atoms with Gasteiger partial charge in [-0.2, -0.15) is 0 Å². The van der Waals surface area contributed by atoms with Gasteiger partial charge in [-0.05, 0) is 31.2 Å². The van der Waals surface area contributed by atoms with Crippen molar-refractivity contribution in [3.8, 4) is 0 Å². The van der Waals surface area contributed by atoms with Crippen LogP contribution in [0.3, 0.4) is 0 Å². The molecule has 0 aliphatic rings. The number of benzene rings is 1. The molecule has 4 heteroatoms. The van der Waals surface area contributed by atoms with Gasteiger partial charge in [-0.25, -0.2) is 4.39 Å². The number of hydrogen-bond donors (Lipinski definition) is 0. The number of halogens is 1. The van der Waals surface area contributed by atoms with Crippen molar-refractivity contribution in [3.63, 3.8) is 0 Å². The molecule has 0 saturated heterocycles. The van der Waals surface area contributed by atoms with Crippen LogP contribution >= 0.6 is 0 Å². The predicted molar refractivity (Wildman–Crippen MR) is 57.0 cm³/mol. The van der Waals surface area contributed by atoms with E-state index in [1.54, 1.807) is 6.92 Å². The highest BCUT2D eigenvalue weighted by molar-refractivity contribution is 6.00. The molecule has 1 aromatic carbocycles. The lowest BCUT2D eigenvalue weighted by atomic mass is 10.2. The van der Waals surface area contributed by atoms with Crippen LogP contribution in [0.25, 0.3) is 11.0 Å².